The van der Waals surface area contributed by atoms with Crippen molar-refractivity contribution < 1.29 is 19.4 Å². The summed E-state index contributed by atoms with van der Waals surface area (Å²) in [5.74, 6) is -1.05. The lowest BCUT2D eigenvalue weighted by atomic mass is 10.2. The van der Waals surface area contributed by atoms with Gasteiger partial charge in [-0.1, -0.05) is 6.08 Å². The Morgan fingerprint density at radius 2 is 2.26 bits per heavy atom. The normalized spacial score (nSPS) is 11.5. The molecule has 102 valence electrons. The molecule has 1 rings (SSSR count). The van der Waals surface area contributed by atoms with E-state index in [4.69, 9.17) is 9.84 Å². The van der Waals surface area contributed by atoms with Crippen molar-refractivity contribution in [2.24, 2.45) is 0 Å². The summed E-state index contributed by atoms with van der Waals surface area (Å²) in [6, 6.07) is 4.37. The number of carboxylic acid groups (broad SMARTS) is 1. The second-order valence-electron chi connectivity index (χ2n) is 3.74. The fourth-order valence-electron chi connectivity index (χ4n) is 1.29. The molecule has 0 aliphatic rings. The van der Waals surface area contributed by atoms with E-state index in [-0.39, 0.29) is 11.5 Å². The van der Waals surface area contributed by atoms with Crippen LogP contribution in [0.15, 0.2) is 35.3 Å². The number of carbonyl (C=O) groups is 2. The van der Waals surface area contributed by atoms with Crippen molar-refractivity contribution in [1.82, 2.24) is 5.32 Å². The van der Waals surface area contributed by atoms with Crippen LogP contribution in [0.4, 0.5) is 0 Å². The van der Waals surface area contributed by atoms with E-state index < -0.39 is 12.1 Å². The van der Waals surface area contributed by atoms with Crippen LogP contribution in [0.25, 0.3) is 0 Å². The predicted molar refractivity (Wildman–Crippen MR) is 74.4 cm³/mol. The number of hydrogen-bond acceptors (Lipinski definition) is 3. The first-order chi connectivity index (χ1) is 8.95. The van der Waals surface area contributed by atoms with Crippen LogP contribution in [0.3, 0.4) is 0 Å². The van der Waals surface area contributed by atoms with Crippen LogP contribution in [0.1, 0.15) is 17.3 Å². The molecule has 0 aromatic heterocycles. The van der Waals surface area contributed by atoms with Gasteiger partial charge in [-0.15, -0.1) is 6.58 Å². The maximum Gasteiger partial charge on any atom is 0.335 e. The van der Waals surface area contributed by atoms with Gasteiger partial charge in [0.15, 0.2) is 6.10 Å². The minimum atomic E-state index is -1.05. The molecule has 0 bridgehead atoms. The summed E-state index contributed by atoms with van der Waals surface area (Å²) in [6.45, 7) is 5.42. The van der Waals surface area contributed by atoms with Gasteiger partial charge in [0.05, 0.1) is 10.0 Å². The highest BCUT2D eigenvalue weighted by Crippen LogP contribution is 2.27. The van der Waals surface area contributed by atoms with Gasteiger partial charge in [0, 0.05) is 6.54 Å². The number of benzene rings is 1. The van der Waals surface area contributed by atoms with Crippen LogP contribution in [-0.4, -0.2) is 29.6 Å². The third kappa shape index (κ3) is 4.40. The van der Waals surface area contributed by atoms with E-state index in [1.165, 1.54) is 12.1 Å². The molecule has 1 unspecified atom stereocenters. The van der Waals surface area contributed by atoms with Crippen molar-refractivity contribution in [3.63, 3.8) is 0 Å². The molecule has 1 aromatic rings. The second kappa shape index (κ2) is 6.94. The SMILES string of the molecule is C=CCNC(=O)C(C)Oc1cc(C(=O)O)ccc1Br. The standard InChI is InChI=1S/C13H14BrNO4/c1-3-6-15-12(16)8(2)19-11-7-9(13(17)18)4-5-10(11)14/h3-5,7-8H,1,6H2,2H3,(H,15,16)(H,17,18). The molecular formula is C13H14BrNO4. The highest BCUT2D eigenvalue weighted by atomic mass is 79.9. The zero-order valence-electron chi connectivity index (χ0n) is 10.4. The molecule has 0 spiro atoms. The fraction of sp³-hybridized carbons (Fsp3) is 0.231. The molecule has 0 heterocycles. The Kier molecular flexibility index (Phi) is 5.57. The molecule has 0 saturated heterocycles. The van der Waals surface area contributed by atoms with Gasteiger partial charge in [-0.2, -0.15) is 0 Å². The lowest BCUT2D eigenvalue weighted by molar-refractivity contribution is -0.127. The van der Waals surface area contributed by atoms with Crippen molar-refractivity contribution in [1.29, 1.82) is 0 Å². The maximum atomic E-state index is 11.6. The van der Waals surface area contributed by atoms with Gasteiger partial charge in [-0.25, -0.2) is 4.79 Å². The van der Waals surface area contributed by atoms with Gasteiger partial charge in [0.25, 0.3) is 5.91 Å². The molecule has 0 aliphatic heterocycles. The third-order valence-electron chi connectivity index (χ3n) is 2.27. The number of rotatable bonds is 6. The highest BCUT2D eigenvalue weighted by molar-refractivity contribution is 9.10. The molecule has 1 amide bonds. The zero-order valence-corrected chi connectivity index (χ0v) is 11.9. The van der Waals surface area contributed by atoms with Crippen molar-refractivity contribution in [3.05, 3.63) is 40.9 Å². The van der Waals surface area contributed by atoms with Crippen molar-refractivity contribution >= 4 is 27.8 Å². The summed E-state index contributed by atoms with van der Waals surface area (Å²) in [7, 11) is 0. The molecule has 1 atom stereocenters. The number of nitrogens with one attached hydrogen (secondary N) is 1. The Morgan fingerprint density at radius 1 is 1.58 bits per heavy atom. The molecule has 19 heavy (non-hydrogen) atoms. The van der Waals surface area contributed by atoms with Gasteiger partial charge >= 0.3 is 5.97 Å². The Bertz CT molecular complexity index is 501. The van der Waals surface area contributed by atoms with Gasteiger partial charge in [-0.05, 0) is 41.1 Å². The average molecular weight is 328 g/mol. The smallest absolute Gasteiger partial charge is 0.335 e. The number of ether oxygens (including phenoxy) is 1. The predicted octanol–water partition coefficient (Wildman–Crippen LogP) is 2.22. The quantitative estimate of drug-likeness (QED) is 0.785. The van der Waals surface area contributed by atoms with Gasteiger partial charge in [0.1, 0.15) is 5.75 Å². The van der Waals surface area contributed by atoms with E-state index in [2.05, 4.69) is 27.8 Å². The maximum absolute atomic E-state index is 11.6. The van der Waals surface area contributed by atoms with Crippen molar-refractivity contribution in [2.45, 2.75) is 13.0 Å². The topological polar surface area (TPSA) is 75.6 Å². The van der Waals surface area contributed by atoms with Gasteiger partial charge < -0.3 is 15.2 Å². The van der Waals surface area contributed by atoms with Crippen LogP contribution in [0.2, 0.25) is 0 Å². The molecule has 0 fully saturated rings. The minimum Gasteiger partial charge on any atom is -0.480 e. The van der Waals surface area contributed by atoms with E-state index in [0.29, 0.717) is 16.8 Å². The van der Waals surface area contributed by atoms with E-state index in [1.807, 2.05) is 0 Å². The van der Waals surface area contributed by atoms with Crippen LogP contribution in [0.5, 0.6) is 5.75 Å². The second-order valence-corrected chi connectivity index (χ2v) is 4.60. The molecule has 0 radical (unpaired) electrons. The number of hydrogen-bond donors (Lipinski definition) is 2. The average Bonchev–Trinajstić information content (AvgIpc) is 2.38. The third-order valence-corrected chi connectivity index (χ3v) is 2.93. The number of aromatic carboxylic acids is 1. The van der Waals surface area contributed by atoms with E-state index in [0.717, 1.165) is 0 Å². The highest BCUT2D eigenvalue weighted by Gasteiger charge is 2.16. The van der Waals surface area contributed by atoms with Gasteiger partial charge in [-0.3, -0.25) is 4.79 Å². The van der Waals surface area contributed by atoms with Crippen molar-refractivity contribution in [3.8, 4) is 5.75 Å². The first-order valence-electron chi connectivity index (χ1n) is 5.53. The molecule has 2 N–H and O–H groups in total. The van der Waals surface area contributed by atoms with E-state index >= 15 is 0 Å². The van der Waals surface area contributed by atoms with Gasteiger partial charge in [0.2, 0.25) is 0 Å². The molecule has 0 saturated carbocycles. The molecule has 0 aliphatic carbocycles. The monoisotopic (exact) mass is 327 g/mol. The van der Waals surface area contributed by atoms with E-state index in [1.54, 1.807) is 19.1 Å². The first-order valence-corrected chi connectivity index (χ1v) is 6.33. The largest absolute Gasteiger partial charge is 0.480 e. The number of amides is 1. The summed E-state index contributed by atoms with van der Waals surface area (Å²) >= 11 is 3.24. The Labute approximate surface area is 119 Å². The van der Waals surface area contributed by atoms with Crippen LogP contribution in [-0.2, 0) is 4.79 Å². The lowest BCUT2D eigenvalue weighted by Gasteiger charge is -2.15. The number of carbonyl (C=O) groups excluding carboxylic acids is 1. The first kappa shape index (κ1) is 15.2. The summed E-state index contributed by atoms with van der Waals surface area (Å²) in [6.07, 6.45) is 0.825. The zero-order chi connectivity index (χ0) is 14.4. The summed E-state index contributed by atoms with van der Waals surface area (Å²) in [4.78, 5) is 22.5. The number of halogens is 1. The fourth-order valence-corrected chi connectivity index (χ4v) is 1.63. The Balaban J connectivity index is 2.80. The summed E-state index contributed by atoms with van der Waals surface area (Å²) in [5, 5.41) is 11.5. The lowest BCUT2D eigenvalue weighted by Crippen LogP contribution is -2.36. The molecule has 5 nitrogen and oxygen atoms in total. The van der Waals surface area contributed by atoms with Crippen LogP contribution < -0.4 is 10.1 Å². The van der Waals surface area contributed by atoms with E-state index in [9.17, 15) is 9.59 Å². The van der Waals surface area contributed by atoms with Crippen LogP contribution >= 0.6 is 15.9 Å². The molecule has 1 aromatic carbocycles. The minimum absolute atomic E-state index is 0.0944. The van der Waals surface area contributed by atoms with Crippen LogP contribution in [0, 0.1) is 0 Å². The molecular weight excluding hydrogens is 314 g/mol. The number of carboxylic acids is 1. The molecule has 6 heteroatoms. The summed E-state index contributed by atoms with van der Waals surface area (Å²) < 4.78 is 6.02. The Morgan fingerprint density at radius 3 is 2.84 bits per heavy atom. The Hall–Kier alpha value is -1.82. The summed E-state index contributed by atoms with van der Waals surface area (Å²) in [5.41, 5.74) is 0.0944. The van der Waals surface area contributed by atoms with Crippen molar-refractivity contribution in [2.75, 3.05) is 6.54 Å².